The van der Waals surface area contributed by atoms with E-state index < -0.39 is 0 Å². The van der Waals surface area contributed by atoms with Gasteiger partial charge in [-0.05, 0) is 19.3 Å². The SMILES string of the molecule is CC(C)N1CCN(C(=O)CC(C)(C)C)CC1=O. The van der Waals surface area contributed by atoms with Crippen LogP contribution in [0.5, 0.6) is 0 Å². The highest BCUT2D eigenvalue weighted by Crippen LogP contribution is 2.20. The molecule has 1 heterocycles. The molecule has 2 amide bonds. The number of carbonyl (C=O) groups excluding carboxylic acids is 2. The lowest BCUT2D eigenvalue weighted by atomic mass is 9.91. The lowest BCUT2D eigenvalue weighted by Gasteiger charge is -2.37. The lowest BCUT2D eigenvalue weighted by Crippen LogP contribution is -2.54. The summed E-state index contributed by atoms with van der Waals surface area (Å²) in [6, 6.07) is 0.224. The first-order chi connectivity index (χ1) is 7.70. The van der Waals surface area contributed by atoms with Gasteiger partial charge in [0.2, 0.25) is 11.8 Å². The van der Waals surface area contributed by atoms with Crippen molar-refractivity contribution >= 4 is 11.8 Å². The summed E-state index contributed by atoms with van der Waals surface area (Å²) >= 11 is 0. The summed E-state index contributed by atoms with van der Waals surface area (Å²) in [6.07, 6.45) is 0.502. The number of piperazine rings is 1. The van der Waals surface area contributed by atoms with Gasteiger partial charge in [-0.15, -0.1) is 0 Å². The van der Waals surface area contributed by atoms with Crippen molar-refractivity contribution in [2.24, 2.45) is 5.41 Å². The summed E-state index contributed by atoms with van der Waals surface area (Å²) in [5.74, 6) is 0.155. The van der Waals surface area contributed by atoms with Gasteiger partial charge >= 0.3 is 0 Å². The first-order valence-corrected chi connectivity index (χ1v) is 6.28. The Morgan fingerprint density at radius 2 is 1.88 bits per heavy atom. The molecule has 4 heteroatoms. The van der Waals surface area contributed by atoms with Gasteiger partial charge < -0.3 is 9.80 Å². The molecule has 98 valence electrons. The second kappa shape index (κ2) is 5.07. The quantitative estimate of drug-likeness (QED) is 0.734. The van der Waals surface area contributed by atoms with Crippen LogP contribution in [-0.4, -0.2) is 47.3 Å². The van der Waals surface area contributed by atoms with Gasteiger partial charge in [-0.3, -0.25) is 9.59 Å². The fourth-order valence-corrected chi connectivity index (χ4v) is 2.01. The Bertz CT molecular complexity index is 305. The van der Waals surface area contributed by atoms with E-state index >= 15 is 0 Å². The van der Waals surface area contributed by atoms with Crippen LogP contribution in [0.25, 0.3) is 0 Å². The third-order valence-electron chi connectivity index (χ3n) is 2.91. The van der Waals surface area contributed by atoms with Crippen molar-refractivity contribution in [3.05, 3.63) is 0 Å². The maximum atomic E-state index is 12.0. The second-order valence-electron chi connectivity index (χ2n) is 6.23. The van der Waals surface area contributed by atoms with E-state index in [0.717, 1.165) is 0 Å². The number of amides is 2. The molecule has 1 fully saturated rings. The summed E-state index contributed by atoms with van der Waals surface area (Å²) in [4.78, 5) is 27.4. The monoisotopic (exact) mass is 240 g/mol. The third kappa shape index (κ3) is 4.02. The van der Waals surface area contributed by atoms with E-state index in [1.165, 1.54) is 0 Å². The van der Waals surface area contributed by atoms with Crippen molar-refractivity contribution in [2.75, 3.05) is 19.6 Å². The molecule has 0 aromatic rings. The smallest absolute Gasteiger partial charge is 0.242 e. The summed E-state index contributed by atoms with van der Waals surface area (Å²) < 4.78 is 0. The zero-order valence-corrected chi connectivity index (χ0v) is 11.6. The van der Waals surface area contributed by atoms with E-state index in [4.69, 9.17) is 0 Å². The number of hydrogen-bond acceptors (Lipinski definition) is 2. The molecule has 1 aliphatic heterocycles. The Balaban J connectivity index is 2.55. The van der Waals surface area contributed by atoms with E-state index in [0.29, 0.717) is 19.5 Å². The van der Waals surface area contributed by atoms with Gasteiger partial charge in [0.25, 0.3) is 0 Å². The van der Waals surface area contributed by atoms with Crippen molar-refractivity contribution in [2.45, 2.75) is 47.1 Å². The molecule has 4 nitrogen and oxygen atoms in total. The number of carbonyl (C=O) groups is 2. The molecule has 0 aromatic carbocycles. The fourth-order valence-electron chi connectivity index (χ4n) is 2.01. The molecule has 0 spiro atoms. The van der Waals surface area contributed by atoms with Crippen LogP contribution in [0.1, 0.15) is 41.0 Å². The molecule has 17 heavy (non-hydrogen) atoms. The molecule has 1 aliphatic rings. The van der Waals surface area contributed by atoms with Gasteiger partial charge in [-0.25, -0.2) is 0 Å². The predicted molar refractivity (Wildman–Crippen MR) is 67.5 cm³/mol. The molecular formula is C13H24N2O2. The Morgan fingerprint density at radius 1 is 1.29 bits per heavy atom. The molecule has 0 aliphatic carbocycles. The average molecular weight is 240 g/mol. The van der Waals surface area contributed by atoms with Crippen molar-refractivity contribution in [3.8, 4) is 0 Å². The molecular weight excluding hydrogens is 216 g/mol. The van der Waals surface area contributed by atoms with Crippen LogP contribution in [0.4, 0.5) is 0 Å². The van der Waals surface area contributed by atoms with Gasteiger partial charge in [0.05, 0.1) is 6.54 Å². The van der Waals surface area contributed by atoms with E-state index in [9.17, 15) is 9.59 Å². The standard InChI is InChI=1S/C13H24N2O2/c1-10(2)15-7-6-14(9-12(15)17)11(16)8-13(3,4)5/h10H,6-9H2,1-5H3. The molecule has 1 saturated heterocycles. The minimum Gasteiger partial charge on any atom is -0.337 e. The normalized spacial score (nSPS) is 17.9. The topological polar surface area (TPSA) is 40.6 Å². The molecule has 1 rings (SSSR count). The summed E-state index contributed by atoms with van der Waals surface area (Å²) in [7, 11) is 0. The first kappa shape index (κ1) is 14.0. The molecule has 0 saturated carbocycles. The van der Waals surface area contributed by atoms with E-state index in [-0.39, 0.29) is 29.8 Å². The van der Waals surface area contributed by atoms with Crippen LogP contribution in [0.2, 0.25) is 0 Å². The Kier molecular flexibility index (Phi) is 4.17. The zero-order valence-electron chi connectivity index (χ0n) is 11.6. The highest BCUT2D eigenvalue weighted by molar-refractivity contribution is 5.86. The van der Waals surface area contributed by atoms with Crippen LogP contribution in [0, 0.1) is 5.41 Å². The second-order valence-corrected chi connectivity index (χ2v) is 6.23. The van der Waals surface area contributed by atoms with E-state index in [1.54, 1.807) is 4.90 Å². The molecule has 0 bridgehead atoms. The number of rotatable bonds is 2. The van der Waals surface area contributed by atoms with Gasteiger partial charge in [0.1, 0.15) is 0 Å². The van der Waals surface area contributed by atoms with Gasteiger partial charge in [-0.2, -0.15) is 0 Å². The third-order valence-corrected chi connectivity index (χ3v) is 2.91. The van der Waals surface area contributed by atoms with Crippen LogP contribution in [0.3, 0.4) is 0 Å². The molecule has 0 N–H and O–H groups in total. The van der Waals surface area contributed by atoms with Crippen LogP contribution < -0.4 is 0 Å². The molecule has 0 unspecified atom stereocenters. The summed E-state index contributed by atoms with van der Waals surface area (Å²) in [6.45, 7) is 11.7. The van der Waals surface area contributed by atoms with Crippen LogP contribution in [-0.2, 0) is 9.59 Å². The van der Waals surface area contributed by atoms with Crippen molar-refractivity contribution in [1.29, 1.82) is 0 Å². The van der Waals surface area contributed by atoms with E-state index in [1.807, 2.05) is 39.5 Å². The highest BCUT2D eigenvalue weighted by atomic mass is 16.2. The molecule has 0 radical (unpaired) electrons. The Hall–Kier alpha value is -1.06. The Labute approximate surface area is 104 Å². The van der Waals surface area contributed by atoms with E-state index in [2.05, 4.69) is 0 Å². The maximum Gasteiger partial charge on any atom is 0.242 e. The van der Waals surface area contributed by atoms with Crippen molar-refractivity contribution in [1.82, 2.24) is 9.80 Å². The van der Waals surface area contributed by atoms with Crippen LogP contribution in [0.15, 0.2) is 0 Å². The van der Waals surface area contributed by atoms with Crippen molar-refractivity contribution in [3.63, 3.8) is 0 Å². The largest absolute Gasteiger partial charge is 0.337 e. The van der Waals surface area contributed by atoms with Crippen LogP contribution >= 0.6 is 0 Å². The average Bonchev–Trinajstić information content (AvgIpc) is 2.14. The number of nitrogens with zero attached hydrogens (tertiary/aromatic N) is 2. The highest BCUT2D eigenvalue weighted by Gasteiger charge is 2.29. The van der Waals surface area contributed by atoms with Crippen molar-refractivity contribution < 1.29 is 9.59 Å². The minimum atomic E-state index is -0.0185. The maximum absolute atomic E-state index is 12.0. The Morgan fingerprint density at radius 3 is 2.29 bits per heavy atom. The van der Waals surface area contributed by atoms with Gasteiger partial charge in [-0.1, -0.05) is 20.8 Å². The predicted octanol–water partition coefficient (Wildman–Crippen LogP) is 1.50. The first-order valence-electron chi connectivity index (χ1n) is 6.28. The molecule has 0 atom stereocenters. The molecule has 0 aromatic heterocycles. The lowest BCUT2D eigenvalue weighted by molar-refractivity contribution is -0.147. The fraction of sp³-hybridized carbons (Fsp3) is 0.846. The van der Waals surface area contributed by atoms with Gasteiger partial charge in [0, 0.05) is 25.6 Å². The summed E-state index contributed by atoms with van der Waals surface area (Å²) in [5, 5.41) is 0. The zero-order chi connectivity index (χ0) is 13.2. The van der Waals surface area contributed by atoms with Gasteiger partial charge in [0.15, 0.2) is 0 Å². The summed E-state index contributed by atoms with van der Waals surface area (Å²) in [5.41, 5.74) is -0.0185. The minimum absolute atomic E-state index is 0.0185. The number of hydrogen-bond donors (Lipinski definition) is 0.